The number of sulfonamides is 1. The highest BCUT2D eigenvalue weighted by atomic mass is 32.2. The molecule has 18 heavy (non-hydrogen) atoms. The Morgan fingerprint density at radius 1 is 1.00 bits per heavy atom. The number of aromatic hydroxyl groups is 1. The maximum absolute atomic E-state index is 13.4. The van der Waals surface area contributed by atoms with Crippen LogP contribution in [0, 0.1) is 5.82 Å². The third-order valence-corrected chi connectivity index (χ3v) is 3.66. The van der Waals surface area contributed by atoms with E-state index in [0.29, 0.717) is 0 Å². The summed E-state index contributed by atoms with van der Waals surface area (Å²) >= 11 is 0. The molecule has 6 heteroatoms. The predicted octanol–water partition coefficient (Wildman–Crippen LogP) is 2.33. The summed E-state index contributed by atoms with van der Waals surface area (Å²) in [5.74, 6) is -0.799. The van der Waals surface area contributed by atoms with E-state index in [1.54, 1.807) is 0 Å². The summed E-state index contributed by atoms with van der Waals surface area (Å²) in [5.41, 5.74) is 0.246. The van der Waals surface area contributed by atoms with Gasteiger partial charge in [0.05, 0.1) is 0 Å². The van der Waals surface area contributed by atoms with Crippen molar-refractivity contribution in [2.24, 2.45) is 0 Å². The van der Waals surface area contributed by atoms with Gasteiger partial charge in [-0.3, -0.25) is 4.72 Å². The molecule has 4 nitrogen and oxygen atoms in total. The van der Waals surface area contributed by atoms with Gasteiger partial charge in [0.15, 0.2) is 0 Å². The summed E-state index contributed by atoms with van der Waals surface area (Å²) in [4.78, 5) is -0.418. The van der Waals surface area contributed by atoms with Gasteiger partial charge in [0.1, 0.15) is 16.5 Å². The monoisotopic (exact) mass is 267 g/mol. The Morgan fingerprint density at radius 2 is 1.61 bits per heavy atom. The van der Waals surface area contributed by atoms with Gasteiger partial charge in [-0.1, -0.05) is 12.1 Å². The minimum atomic E-state index is -3.96. The van der Waals surface area contributed by atoms with Crippen molar-refractivity contribution in [3.63, 3.8) is 0 Å². The molecule has 2 aromatic carbocycles. The fourth-order valence-electron chi connectivity index (χ4n) is 1.40. The van der Waals surface area contributed by atoms with Crippen LogP contribution < -0.4 is 4.72 Å². The van der Waals surface area contributed by atoms with Gasteiger partial charge in [0, 0.05) is 5.69 Å². The van der Waals surface area contributed by atoms with Crippen molar-refractivity contribution in [2.75, 3.05) is 4.72 Å². The quantitative estimate of drug-likeness (QED) is 0.839. The lowest BCUT2D eigenvalue weighted by Gasteiger charge is -2.08. The highest BCUT2D eigenvalue weighted by Gasteiger charge is 2.18. The minimum Gasteiger partial charge on any atom is -0.508 e. The molecular weight excluding hydrogens is 257 g/mol. The van der Waals surface area contributed by atoms with Crippen LogP contribution >= 0.6 is 0 Å². The van der Waals surface area contributed by atoms with Crippen LogP contribution in [0.15, 0.2) is 53.4 Å². The lowest BCUT2D eigenvalue weighted by Crippen LogP contribution is -2.14. The first kappa shape index (κ1) is 12.4. The van der Waals surface area contributed by atoms with Crippen molar-refractivity contribution in [1.29, 1.82) is 0 Å². The summed E-state index contributed by atoms with van der Waals surface area (Å²) in [6.07, 6.45) is 0. The number of anilines is 1. The van der Waals surface area contributed by atoms with Crippen LogP contribution in [-0.2, 0) is 10.0 Å². The van der Waals surface area contributed by atoms with Gasteiger partial charge in [0.25, 0.3) is 10.0 Å². The van der Waals surface area contributed by atoms with Gasteiger partial charge in [0.2, 0.25) is 0 Å². The summed E-state index contributed by atoms with van der Waals surface area (Å²) in [6.45, 7) is 0. The average Bonchev–Trinajstić information content (AvgIpc) is 2.32. The summed E-state index contributed by atoms with van der Waals surface area (Å²) < 4.78 is 39.4. The lowest BCUT2D eigenvalue weighted by molar-refractivity contribution is 0.475. The molecule has 0 spiro atoms. The molecule has 0 fully saturated rings. The van der Waals surface area contributed by atoms with Crippen LogP contribution in [0.1, 0.15) is 0 Å². The van der Waals surface area contributed by atoms with E-state index in [4.69, 9.17) is 5.11 Å². The van der Waals surface area contributed by atoms with E-state index in [-0.39, 0.29) is 11.4 Å². The Hall–Kier alpha value is -2.08. The number of phenols is 1. The molecule has 0 saturated carbocycles. The maximum atomic E-state index is 13.4. The van der Waals surface area contributed by atoms with E-state index in [0.717, 1.165) is 6.07 Å². The van der Waals surface area contributed by atoms with Gasteiger partial charge < -0.3 is 5.11 Å². The van der Waals surface area contributed by atoms with Crippen LogP contribution in [0.3, 0.4) is 0 Å². The first-order chi connectivity index (χ1) is 8.49. The smallest absolute Gasteiger partial charge is 0.264 e. The second-order valence-corrected chi connectivity index (χ2v) is 5.23. The number of benzene rings is 2. The molecule has 0 radical (unpaired) electrons. The standard InChI is InChI=1S/C12H10FNO3S/c13-11-3-1-2-4-12(11)18(16,17)14-9-5-7-10(15)8-6-9/h1-8,14-15H. The van der Waals surface area contributed by atoms with E-state index in [1.165, 1.54) is 42.5 Å². The highest BCUT2D eigenvalue weighted by molar-refractivity contribution is 7.92. The minimum absolute atomic E-state index is 0.0174. The largest absolute Gasteiger partial charge is 0.508 e. The number of phenolic OH excluding ortho intramolecular Hbond substituents is 1. The SMILES string of the molecule is O=S(=O)(Nc1ccc(O)cc1)c1ccccc1F. The first-order valence-electron chi connectivity index (χ1n) is 5.05. The summed E-state index contributed by atoms with van der Waals surface area (Å²) in [6, 6.07) is 10.5. The van der Waals surface area contributed by atoms with Gasteiger partial charge in [-0.05, 0) is 36.4 Å². The molecule has 0 saturated heterocycles. The molecule has 0 aliphatic carbocycles. The zero-order chi connectivity index (χ0) is 13.2. The zero-order valence-corrected chi connectivity index (χ0v) is 9.99. The predicted molar refractivity (Wildman–Crippen MR) is 65.3 cm³/mol. The van der Waals surface area contributed by atoms with Crippen LogP contribution in [0.25, 0.3) is 0 Å². The molecular formula is C12H10FNO3S. The summed E-state index contributed by atoms with van der Waals surface area (Å²) in [5, 5.41) is 9.08. The van der Waals surface area contributed by atoms with Crippen LogP contribution in [-0.4, -0.2) is 13.5 Å². The molecule has 2 aromatic rings. The topological polar surface area (TPSA) is 66.4 Å². The molecule has 0 amide bonds. The van der Waals surface area contributed by atoms with E-state index in [2.05, 4.69) is 4.72 Å². The molecule has 0 heterocycles. The van der Waals surface area contributed by atoms with E-state index < -0.39 is 20.7 Å². The van der Waals surface area contributed by atoms with Gasteiger partial charge in [-0.2, -0.15) is 0 Å². The molecule has 0 bridgehead atoms. The molecule has 0 aliphatic rings. The van der Waals surface area contributed by atoms with Crippen molar-refractivity contribution in [3.8, 4) is 5.75 Å². The van der Waals surface area contributed by atoms with Crippen molar-refractivity contribution in [1.82, 2.24) is 0 Å². The number of halogens is 1. The van der Waals surface area contributed by atoms with Gasteiger partial charge in [-0.15, -0.1) is 0 Å². The second-order valence-electron chi connectivity index (χ2n) is 3.58. The Morgan fingerprint density at radius 3 is 2.22 bits per heavy atom. The molecule has 0 unspecified atom stereocenters. The van der Waals surface area contributed by atoms with E-state index in [1.807, 2.05) is 0 Å². The number of rotatable bonds is 3. The normalized spacial score (nSPS) is 11.2. The Balaban J connectivity index is 2.33. The lowest BCUT2D eigenvalue weighted by atomic mass is 10.3. The highest BCUT2D eigenvalue weighted by Crippen LogP contribution is 2.20. The number of hydrogen-bond donors (Lipinski definition) is 2. The molecule has 2 N–H and O–H groups in total. The first-order valence-corrected chi connectivity index (χ1v) is 6.54. The molecule has 0 atom stereocenters. The molecule has 94 valence electrons. The van der Waals surface area contributed by atoms with Crippen LogP contribution in [0.5, 0.6) is 5.75 Å². The molecule has 0 aromatic heterocycles. The Kier molecular flexibility index (Phi) is 3.20. The van der Waals surface area contributed by atoms with Gasteiger partial charge >= 0.3 is 0 Å². The van der Waals surface area contributed by atoms with Crippen molar-refractivity contribution in [3.05, 3.63) is 54.3 Å². The Bertz CT molecular complexity index is 653. The van der Waals surface area contributed by atoms with E-state index in [9.17, 15) is 12.8 Å². The zero-order valence-electron chi connectivity index (χ0n) is 9.17. The number of hydrogen-bond acceptors (Lipinski definition) is 3. The molecule has 2 rings (SSSR count). The summed E-state index contributed by atoms with van der Waals surface area (Å²) in [7, 11) is -3.96. The molecule has 0 aliphatic heterocycles. The third kappa shape index (κ3) is 2.60. The fourth-order valence-corrected chi connectivity index (χ4v) is 2.54. The maximum Gasteiger partial charge on any atom is 0.264 e. The number of nitrogens with one attached hydrogen (secondary N) is 1. The fraction of sp³-hybridized carbons (Fsp3) is 0. The van der Waals surface area contributed by atoms with Crippen LogP contribution in [0.2, 0.25) is 0 Å². The Labute approximate surface area is 104 Å². The van der Waals surface area contributed by atoms with Crippen LogP contribution in [0.4, 0.5) is 10.1 Å². The third-order valence-electron chi connectivity index (χ3n) is 2.25. The average molecular weight is 267 g/mol. The van der Waals surface area contributed by atoms with Crippen molar-refractivity contribution < 1.29 is 17.9 Å². The van der Waals surface area contributed by atoms with Crippen molar-refractivity contribution >= 4 is 15.7 Å². The van der Waals surface area contributed by atoms with Crippen molar-refractivity contribution in [2.45, 2.75) is 4.90 Å². The second kappa shape index (κ2) is 4.66. The van der Waals surface area contributed by atoms with Gasteiger partial charge in [-0.25, -0.2) is 12.8 Å². The van der Waals surface area contributed by atoms with E-state index >= 15 is 0 Å².